The zero-order chi connectivity index (χ0) is 12.2. The van der Waals surface area contributed by atoms with Gasteiger partial charge in [-0.15, -0.1) is 0 Å². The molecule has 2 N–H and O–H groups in total. The summed E-state index contributed by atoms with van der Waals surface area (Å²) >= 11 is 0. The predicted molar refractivity (Wildman–Crippen MR) is 46.4 cm³/mol. The molecule has 0 aliphatic heterocycles. The van der Waals surface area contributed by atoms with Crippen LogP contribution in [0.25, 0.3) is 0 Å². The van der Waals surface area contributed by atoms with E-state index in [4.69, 9.17) is 17.5 Å². The van der Waals surface area contributed by atoms with Gasteiger partial charge in [0.2, 0.25) is 0 Å². The van der Waals surface area contributed by atoms with E-state index in [1.54, 1.807) is 21.1 Å². The molecule has 84 valence electrons. The molecule has 0 saturated heterocycles. The highest BCUT2D eigenvalue weighted by atomic mass is 32.3. The number of hydrogen-bond acceptors (Lipinski definition) is 4. The van der Waals surface area contributed by atoms with E-state index in [9.17, 15) is 9.90 Å². The lowest BCUT2D eigenvalue weighted by molar-refractivity contribution is -0.828. The molecule has 7 nitrogen and oxygen atoms in total. The van der Waals surface area contributed by atoms with Crippen molar-refractivity contribution in [3.05, 3.63) is 12.3 Å². The van der Waals surface area contributed by atoms with E-state index in [-0.39, 0.29) is 10.2 Å². The highest BCUT2D eigenvalue weighted by Crippen LogP contribution is 2.01. The summed E-state index contributed by atoms with van der Waals surface area (Å²) in [5, 5.41) is 10.1. The van der Waals surface area contributed by atoms with E-state index in [1.807, 2.05) is 0 Å². The van der Waals surface area contributed by atoms with Gasteiger partial charge in [-0.3, -0.25) is 13.6 Å². The van der Waals surface area contributed by atoms with E-state index < -0.39 is 16.4 Å². The Balaban J connectivity index is 0. The number of quaternary nitrogens is 1. The Hall–Kier alpha value is -0.960. The van der Waals surface area contributed by atoms with Crippen LogP contribution in [0, 0.1) is 0 Å². The number of aliphatic carboxylic acids is 1. The molecule has 0 aromatic rings. The first-order valence-electron chi connectivity index (χ1n) is 3.28. The summed E-state index contributed by atoms with van der Waals surface area (Å²) in [5.74, 6) is -1.19. The van der Waals surface area contributed by atoms with Crippen LogP contribution in [0.15, 0.2) is 12.3 Å². The van der Waals surface area contributed by atoms with Crippen molar-refractivity contribution >= 4 is 16.4 Å². The Kier molecular flexibility index (Phi) is 5.60. The Morgan fingerprint density at radius 1 is 1.29 bits per heavy atom. The summed E-state index contributed by atoms with van der Waals surface area (Å²) < 4.78 is 31.8. The fourth-order valence-corrected chi connectivity index (χ4v) is 0.274. The van der Waals surface area contributed by atoms with E-state index >= 15 is 0 Å². The molecule has 0 aromatic heterocycles. The Morgan fingerprint density at radius 3 is 1.50 bits per heavy atom. The highest BCUT2D eigenvalue weighted by Gasteiger charge is 2.13. The van der Waals surface area contributed by atoms with Crippen LogP contribution in [0.4, 0.5) is 0 Å². The van der Waals surface area contributed by atoms with Crippen LogP contribution in [0.1, 0.15) is 0 Å². The van der Waals surface area contributed by atoms with Crippen molar-refractivity contribution in [2.24, 2.45) is 0 Å². The zero-order valence-corrected chi connectivity index (χ0v) is 8.91. The second-order valence-electron chi connectivity index (χ2n) is 3.19. The average molecular weight is 227 g/mol. The molecule has 0 aliphatic carbocycles. The topological polar surface area (TPSA) is 115 Å². The maximum absolute atomic E-state index is 10.1. The number of carbonyl (C=O) groups excluding carboxylic acids is 1. The first-order valence-corrected chi connectivity index (χ1v) is 4.67. The molecule has 0 rings (SSSR count). The van der Waals surface area contributed by atoms with Crippen molar-refractivity contribution in [2.75, 3.05) is 21.1 Å². The molecule has 0 heterocycles. The SMILES string of the molecule is C=C(C(=O)[O-])[N+](C)(C)C.O=S(=O)(O)O. The minimum Gasteiger partial charge on any atom is -0.540 e. The van der Waals surface area contributed by atoms with Gasteiger partial charge in [-0.25, -0.2) is 0 Å². The number of carbonyl (C=O) groups is 1. The van der Waals surface area contributed by atoms with E-state index in [2.05, 4.69) is 6.58 Å². The molecule has 0 fully saturated rings. The zero-order valence-electron chi connectivity index (χ0n) is 8.09. The summed E-state index contributed by atoms with van der Waals surface area (Å²) in [7, 11) is 0.494. The first-order chi connectivity index (χ1) is 5.85. The third kappa shape index (κ3) is 13.6. The van der Waals surface area contributed by atoms with Gasteiger partial charge in [0.15, 0.2) is 0 Å². The molecule has 0 saturated carbocycles. The maximum Gasteiger partial charge on any atom is 0.394 e. The number of carboxylic acid groups (broad SMARTS) is 1. The van der Waals surface area contributed by atoms with Crippen molar-refractivity contribution in [3.8, 4) is 0 Å². The van der Waals surface area contributed by atoms with Gasteiger partial charge >= 0.3 is 10.4 Å². The van der Waals surface area contributed by atoms with Crippen molar-refractivity contribution in [3.63, 3.8) is 0 Å². The number of likely N-dealkylation sites (N-methyl/N-ethyl adjacent to an activating group) is 1. The van der Waals surface area contributed by atoms with Crippen molar-refractivity contribution in [1.29, 1.82) is 0 Å². The van der Waals surface area contributed by atoms with Gasteiger partial charge in [0.25, 0.3) is 0 Å². The normalized spacial score (nSPS) is 11.2. The van der Waals surface area contributed by atoms with Crippen LogP contribution < -0.4 is 5.11 Å². The van der Waals surface area contributed by atoms with Gasteiger partial charge in [0.1, 0.15) is 11.7 Å². The fraction of sp³-hybridized carbons (Fsp3) is 0.500. The molecule has 0 atom stereocenters. The van der Waals surface area contributed by atoms with Gasteiger partial charge < -0.3 is 9.90 Å². The van der Waals surface area contributed by atoms with Gasteiger partial charge in [0, 0.05) is 0 Å². The molecule has 0 radical (unpaired) electrons. The highest BCUT2D eigenvalue weighted by molar-refractivity contribution is 7.79. The van der Waals surface area contributed by atoms with Crippen LogP contribution in [0.3, 0.4) is 0 Å². The largest absolute Gasteiger partial charge is 0.540 e. The van der Waals surface area contributed by atoms with Crippen molar-refractivity contribution in [2.45, 2.75) is 0 Å². The van der Waals surface area contributed by atoms with Crippen LogP contribution in [0.2, 0.25) is 0 Å². The van der Waals surface area contributed by atoms with Crippen molar-refractivity contribution in [1.82, 2.24) is 0 Å². The fourth-order valence-electron chi connectivity index (χ4n) is 0.274. The number of nitrogens with zero attached hydrogens (tertiary/aromatic N) is 1. The molecule has 14 heavy (non-hydrogen) atoms. The molecule has 0 bridgehead atoms. The summed E-state index contributed by atoms with van der Waals surface area (Å²) in [4.78, 5) is 10.1. The third-order valence-electron chi connectivity index (χ3n) is 1.05. The van der Waals surface area contributed by atoms with Crippen LogP contribution >= 0.6 is 0 Å². The number of rotatable bonds is 2. The lowest BCUT2D eigenvalue weighted by Crippen LogP contribution is -2.42. The van der Waals surface area contributed by atoms with Crippen LogP contribution in [0.5, 0.6) is 0 Å². The maximum atomic E-state index is 10.1. The Labute approximate surface area is 82.4 Å². The van der Waals surface area contributed by atoms with E-state index in [1.165, 1.54) is 0 Å². The second kappa shape index (κ2) is 5.05. The van der Waals surface area contributed by atoms with E-state index in [0.717, 1.165) is 0 Å². The van der Waals surface area contributed by atoms with Crippen LogP contribution in [-0.4, -0.2) is 49.1 Å². The van der Waals surface area contributed by atoms with Gasteiger partial charge in [0.05, 0.1) is 21.1 Å². The standard InChI is InChI=1S/C6H11NO2.H2O4S/c1-5(6(8)9)7(2,3)4;1-5(2,3)4/h1H2,2-4H3;(H2,1,2,3,4). The summed E-state index contributed by atoms with van der Waals surface area (Å²) in [5.41, 5.74) is 0.0787. The van der Waals surface area contributed by atoms with E-state index in [0.29, 0.717) is 0 Å². The van der Waals surface area contributed by atoms with Gasteiger partial charge in [-0.2, -0.15) is 8.42 Å². The van der Waals surface area contributed by atoms with Crippen LogP contribution in [-0.2, 0) is 15.2 Å². The van der Waals surface area contributed by atoms with Gasteiger partial charge in [-0.05, 0) is 6.58 Å². The summed E-state index contributed by atoms with van der Waals surface area (Å²) in [6.45, 7) is 3.34. The minimum absolute atomic E-state index is 0.0787. The molecule has 0 spiro atoms. The summed E-state index contributed by atoms with van der Waals surface area (Å²) in [6, 6.07) is 0. The molecule has 8 heteroatoms. The van der Waals surface area contributed by atoms with Crippen molar-refractivity contribution < 1.29 is 31.9 Å². The number of carboxylic acids is 1. The lowest BCUT2D eigenvalue weighted by atomic mass is 10.4. The lowest BCUT2D eigenvalue weighted by Gasteiger charge is -2.25. The third-order valence-corrected chi connectivity index (χ3v) is 1.05. The molecular formula is C6H13NO6S. The average Bonchev–Trinajstić information content (AvgIpc) is 1.79. The molecule has 0 amide bonds. The smallest absolute Gasteiger partial charge is 0.394 e. The first kappa shape index (κ1) is 15.5. The summed E-state index contributed by atoms with van der Waals surface area (Å²) in [6.07, 6.45) is 0. The minimum atomic E-state index is -4.67. The predicted octanol–water partition coefficient (Wildman–Crippen LogP) is -1.70. The van der Waals surface area contributed by atoms with Gasteiger partial charge in [-0.1, -0.05) is 0 Å². The molecule has 0 aromatic carbocycles. The number of hydrogen-bond donors (Lipinski definition) is 2. The second-order valence-corrected chi connectivity index (χ2v) is 4.09. The molecular weight excluding hydrogens is 214 g/mol. The monoisotopic (exact) mass is 227 g/mol. The molecule has 0 unspecified atom stereocenters. The quantitative estimate of drug-likeness (QED) is 0.330. The Morgan fingerprint density at radius 2 is 1.50 bits per heavy atom. The molecule has 0 aliphatic rings. The Bertz CT molecular complexity index is 304.